The number of hydrogen-bond acceptors (Lipinski definition) is 1. The van der Waals surface area contributed by atoms with Gasteiger partial charge in [-0.25, -0.2) is 0 Å². The SMILES string of the molecule is O=C(NC1CCCCCC1)C1CCCCC(C2CCCCCCC2)CC1. The van der Waals surface area contributed by atoms with Gasteiger partial charge in [-0.15, -0.1) is 0 Å². The van der Waals surface area contributed by atoms with Gasteiger partial charge in [0.15, 0.2) is 0 Å². The lowest BCUT2D eigenvalue weighted by Crippen LogP contribution is -2.39. The molecule has 2 unspecified atom stereocenters. The van der Waals surface area contributed by atoms with Crippen LogP contribution in [0.2, 0.25) is 0 Å². The second-order valence-electron chi connectivity index (χ2n) is 9.62. The molecule has 0 aromatic heterocycles. The minimum atomic E-state index is 0.301. The molecule has 150 valence electrons. The maximum atomic E-state index is 12.9. The molecule has 1 N–H and O–H groups in total. The molecule has 2 heteroatoms. The van der Waals surface area contributed by atoms with Gasteiger partial charge in [-0.05, 0) is 43.9 Å². The van der Waals surface area contributed by atoms with E-state index >= 15 is 0 Å². The van der Waals surface area contributed by atoms with Gasteiger partial charge in [0.05, 0.1) is 0 Å². The minimum absolute atomic E-state index is 0.301. The van der Waals surface area contributed by atoms with Crippen LogP contribution in [0.3, 0.4) is 0 Å². The van der Waals surface area contributed by atoms with Crippen LogP contribution in [0.4, 0.5) is 0 Å². The van der Waals surface area contributed by atoms with E-state index in [1.165, 1.54) is 109 Å². The van der Waals surface area contributed by atoms with E-state index in [1.807, 2.05) is 0 Å². The third-order valence-electron chi connectivity index (χ3n) is 7.65. The van der Waals surface area contributed by atoms with Gasteiger partial charge in [0.25, 0.3) is 0 Å². The molecule has 3 aliphatic carbocycles. The van der Waals surface area contributed by atoms with Gasteiger partial charge in [0, 0.05) is 12.0 Å². The fraction of sp³-hybridized carbons (Fsp3) is 0.958. The predicted molar refractivity (Wildman–Crippen MR) is 110 cm³/mol. The van der Waals surface area contributed by atoms with Gasteiger partial charge >= 0.3 is 0 Å². The number of hydrogen-bond donors (Lipinski definition) is 1. The summed E-state index contributed by atoms with van der Waals surface area (Å²) in [5.41, 5.74) is 0. The zero-order valence-corrected chi connectivity index (χ0v) is 17.2. The molecule has 2 nitrogen and oxygen atoms in total. The molecule has 0 radical (unpaired) electrons. The average molecular weight is 362 g/mol. The van der Waals surface area contributed by atoms with Gasteiger partial charge in [0.2, 0.25) is 5.91 Å². The molecule has 3 aliphatic rings. The molecule has 3 rings (SSSR count). The van der Waals surface area contributed by atoms with Crippen LogP contribution in [-0.4, -0.2) is 11.9 Å². The molecular formula is C24H43NO. The Kier molecular flexibility index (Phi) is 8.82. The number of carbonyl (C=O) groups is 1. The van der Waals surface area contributed by atoms with Gasteiger partial charge in [-0.2, -0.15) is 0 Å². The van der Waals surface area contributed by atoms with Crippen LogP contribution in [0, 0.1) is 17.8 Å². The van der Waals surface area contributed by atoms with Gasteiger partial charge in [0.1, 0.15) is 0 Å². The summed E-state index contributed by atoms with van der Waals surface area (Å²) in [7, 11) is 0. The second kappa shape index (κ2) is 11.3. The maximum absolute atomic E-state index is 12.9. The Morgan fingerprint density at radius 1 is 0.500 bits per heavy atom. The molecule has 0 saturated heterocycles. The fourth-order valence-corrected chi connectivity index (χ4v) is 5.94. The van der Waals surface area contributed by atoms with Crippen LogP contribution in [-0.2, 0) is 4.79 Å². The van der Waals surface area contributed by atoms with E-state index in [9.17, 15) is 4.79 Å². The van der Waals surface area contributed by atoms with Crippen molar-refractivity contribution in [1.29, 1.82) is 0 Å². The van der Waals surface area contributed by atoms with Crippen molar-refractivity contribution in [2.45, 2.75) is 128 Å². The Balaban J connectivity index is 1.48. The summed E-state index contributed by atoms with van der Waals surface area (Å²) >= 11 is 0. The highest BCUT2D eigenvalue weighted by atomic mass is 16.1. The zero-order valence-electron chi connectivity index (χ0n) is 17.2. The van der Waals surface area contributed by atoms with Crippen molar-refractivity contribution < 1.29 is 4.79 Å². The first-order valence-corrected chi connectivity index (χ1v) is 12.1. The van der Waals surface area contributed by atoms with Crippen molar-refractivity contribution in [3.63, 3.8) is 0 Å². The molecule has 0 aliphatic heterocycles. The Hall–Kier alpha value is -0.530. The molecule has 0 spiro atoms. The molecule has 2 atom stereocenters. The summed E-state index contributed by atoms with van der Waals surface area (Å²) < 4.78 is 0. The van der Waals surface area contributed by atoms with Crippen LogP contribution >= 0.6 is 0 Å². The summed E-state index contributed by atoms with van der Waals surface area (Å²) in [5, 5.41) is 3.45. The largest absolute Gasteiger partial charge is 0.353 e. The smallest absolute Gasteiger partial charge is 0.223 e. The molecule has 0 heterocycles. The minimum Gasteiger partial charge on any atom is -0.353 e. The summed E-state index contributed by atoms with van der Waals surface area (Å²) in [5.74, 6) is 2.56. The van der Waals surface area contributed by atoms with Crippen LogP contribution < -0.4 is 5.32 Å². The Morgan fingerprint density at radius 3 is 1.62 bits per heavy atom. The second-order valence-corrected chi connectivity index (χ2v) is 9.62. The molecule has 0 aromatic rings. The Bertz CT molecular complexity index is 391. The fourth-order valence-electron chi connectivity index (χ4n) is 5.94. The predicted octanol–water partition coefficient (Wildman–Crippen LogP) is 6.77. The quantitative estimate of drug-likeness (QED) is 0.552. The highest BCUT2D eigenvalue weighted by molar-refractivity contribution is 5.78. The molecule has 3 saturated carbocycles. The van der Waals surface area contributed by atoms with Crippen LogP contribution in [0.25, 0.3) is 0 Å². The van der Waals surface area contributed by atoms with Crippen LogP contribution in [0.15, 0.2) is 0 Å². The first-order chi connectivity index (χ1) is 12.8. The van der Waals surface area contributed by atoms with E-state index in [1.54, 1.807) is 0 Å². The molecule has 0 bridgehead atoms. The maximum Gasteiger partial charge on any atom is 0.223 e. The van der Waals surface area contributed by atoms with Crippen LogP contribution in [0.5, 0.6) is 0 Å². The van der Waals surface area contributed by atoms with E-state index in [0.717, 1.165) is 24.7 Å². The highest BCUT2D eigenvalue weighted by Crippen LogP contribution is 2.37. The third kappa shape index (κ3) is 6.57. The van der Waals surface area contributed by atoms with Crippen molar-refractivity contribution in [1.82, 2.24) is 5.32 Å². The number of carbonyl (C=O) groups excluding carboxylic acids is 1. The van der Waals surface area contributed by atoms with E-state index < -0.39 is 0 Å². The van der Waals surface area contributed by atoms with Crippen molar-refractivity contribution in [2.75, 3.05) is 0 Å². The topological polar surface area (TPSA) is 29.1 Å². The highest BCUT2D eigenvalue weighted by Gasteiger charge is 2.28. The molecule has 1 amide bonds. The van der Waals surface area contributed by atoms with E-state index in [2.05, 4.69) is 5.32 Å². The van der Waals surface area contributed by atoms with Crippen molar-refractivity contribution in [3.8, 4) is 0 Å². The lowest BCUT2D eigenvalue weighted by Gasteiger charge is -2.32. The summed E-state index contributed by atoms with van der Waals surface area (Å²) in [6.07, 6.45) is 25.6. The summed E-state index contributed by atoms with van der Waals surface area (Å²) in [4.78, 5) is 12.9. The normalized spacial score (nSPS) is 31.1. The first kappa shape index (κ1) is 20.2. The van der Waals surface area contributed by atoms with Crippen LogP contribution in [0.1, 0.15) is 122 Å². The van der Waals surface area contributed by atoms with E-state index in [0.29, 0.717) is 17.9 Å². The van der Waals surface area contributed by atoms with Crippen molar-refractivity contribution in [3.05, 3.63) is 0 Å². The molecular weight excluding hydrogens is 318 g/mol. The summed E-state index contributed by atoms with van der Waals surface area (Å²) in [6.45, 7) is 0. The van der Waals surface area contributed by atoms with E-state index in [4.69, 9.17) is 0 Å². The standard InChI is InChI=1S/C24H43NO/c26-24(25-23-16-8-4-5-9-17-23)22-15-11-10-14-21(18-19-22)20-12-6-2-1-3-7-13-20/h20-23H,1-19H2,(H,25,26). The zero-order chi connectivity index (χ0) is 18.0. The monoisotopic (exact) mass is 361 g/mol. The lowest BCUT2D eigenvalue weighted by molar-refractivity contribution is -0.126. The molecule has 0 aromatic carbocycles. The number of nitrogens with one attached hydrogen (secondary N) is 1. The lowest BCUT2D eigenvalue weighted by atomic mass is 9.74. The van der Waals surface area contributed by atoms with Crippen molar-refractivity contribution >= 4 is 5.91 Å². The Labute approximate surface area is 162 Å². The van der Waals surface area contributed by atoms with Gasteiger partial charge in [-0.3, -0.25) is 4.79 Å². The first-order valence-electron chi connectivity index (χ1n) is 12.1. The van der Waals surface area contributed by atoms with E-state index in [-0.39, 0.29) is 0 Å². The summed E-state index contributed by atoms with van der Waals surface area (Å²) in [6, 6.07) is 0.469. The molecule has 3 fully saturated rings. The van der Waals surface area contributed by atoms with Crippen molar-refractivity contribution in [2.24, 2.45) is 17.8 Å². The van der Waals surface area contributed by atoms with Gasteiger partial charge in [-0.1, -0.05) is 89.9 Å². The molecule has 26 heavy (non-hydrogen) atoms. The Morgan fingerprint density at radius 2 is 0.962 bits per heavy atom. The number of amides is 1. The average Bonchev–Trinajstić information content (AvgIpc) is 2.84. The number of rotatable bonds is 3. The third-order valence-corrected chi connectivity index (χ3v) is 7.65. The van der Waals surface area contributed by atoms with Gasteiger partial charge < -0.3 is 5.32 Å².